The molecular weight excluding hydrogens is 116 g/mol. The van der Waals surface area contributed by atoms with E-state index in [2.05, 4.69) is 6.92 Å². The van der Waals surface area contributed by atoms with Crippen molar-refractivity contribution < 1.29 is 9.84 Å². The minimum absolute atomic E-state index is 0.0972. The predicted molar refractivity (Wildman–Crippen MR) is 35.2 cm³/mol. The number of ether oxygens (including phenoxy) is 1. The Balaban J connectivity index is 2.41. The molecule has 1 saturated carbocycles. The van der Waals surface area contributed by atoms with Crippen molar-refractivity contribution in [3.63, 3.8) is 0 Å². The van der Waals surface area contributed by atoms with Crippen LogP contribution in [0.5, 0.6) is 0 Å². The quantitative estimate of drug-likeness (QED) is 0.568. The van der Waals surface area contributed by atoms with Crippen molar-refractivity contribution in [3.05, 3.63) is 0 Å². The molecular formula is C7H14O2. The molecule has 54 valence electrons. The molecule has 0 aliphatic heterocycles. The summed E-state index contributed by atoms with van der Waals surface area (Å²) in [7, 11) is 1.66. The van der Waals surface area contributed by atoms with Crippen LogP contribution in [0, 0.1) is 5.92 Å². The molecule has 1 aliphatic rings. The van der Waals surface area contributed by atoms with E-state index in [0.717, 1.165) is 12.8 Å². The highest BCUT2D eigenvalue weighted by atomic mass is 16.5. The average Bonchev–Trinajstić information content (AvgIpc) is 2.15. The molecule has 1 N–H and O–H groups in total. The third-order valence-corrected chi connectivity index (χ3v) is 2.17. The van der Waals surface area contributed by atoms with Gasteiger partial charge in [0.2, 0.25) is 0 Å². The summed E-state index contributed by atoms with van der Waals surface area (Å²) in [5.74, 6) is 0.426. The second-order valence-corrected chi connectivity index (χ2v) is 2.82. The molecule has 0 heterocycles. The van der Waals surface area contributed by atoms with Crippen LogP contribution < -0.4 is 0 Å². The van der Waals surface area contributed by atoms with E-state index in [-0.39, 0.29) is 12.2 Å². The normalized spacial score (nSPS) is 43.7. The van der Waals surface area contributed by atoms with Crippen LogP contribution in [-0.4, -0.2) is 24.4 Å². The van der Waals surface area contributed by atoms with Gasteiger partial charge in [0.05, 0.1) is 12.2 Å². The van der Waals surface area contributed by atoms with Crippen LogP contribution in [-0.2, 0) is 4.74 Å². The molecule has 0 saturated heterocycles. The summed E-state index contributed by atoms with van der Waals surface area (Å²) in [4.78, 5) is 0. The van der Waals surface area contributed by atoms with Crippen molar-refractivity contribution in [3.8, 4) is 0 Å². The van der Waals surface area contributed by atoms with E-state index >= 15 is 0 Å². The maximum Gasteiger partial charge on any atom is 0.0832 e. The third-order valence-electron chi connectivity index (χ3n) is 2.17. The highest BCUT2D eigenvalue weighted by Gasteiger charge is 2.31. The fourth-order valence-corrected chi connectivity index (χ4v) is 1.39. The van der Waals surface area contributed by atoms with Crippen LogP contribution in [0.2, 0.25) is 0 Å². The Hall–Kier alpha value is -0.0800. The first-order valence-corrected chi connectivity index (χ1v) is 3.46. The number of methoxy groups -OCH3 is 1. The number of rotatable bonds is 1. The Bertz CT molecular complexity index is 92.9. The summed E-state index contributed by atoms with van der Waals surface area (Å²) in [5.41, 5.74) is 0. The third kappa shape index (κ3) is 1.25. The molecule has 0 aromatic carbocycles. The van der Waals surface area contributed by atoms with Gasteiger partial charge in [0.15, 0.2) is 0 Å². The van der Waals surface area contributed by atoms with Gasteiger partial charge in [-0.2, -0.15) is 0 Å². The lowest BCUT2D eigenvalue weighted by Gasteiger charge is -2.14. The summed E-state index contributed by atoms with van der Waals surface area (Å²) < 4.78 is 5.04. The lowest BCUT2D eigenvalue weighted by atomic mass is 10.1. The molecule has 3 unspecified atom stereocenters. The highest BCUT2D eigenvalue weighted by Crippen LogP contribution is 2.26. The molecule has 1 aliphatic carbocycles. The summed E-state index contributed by atoms with van der Waals surface area (Å²) >= 11 is 0. The maximum absolute atomic E-state index is 9.33. The van der Waals surface area contributed by atoms with Gasteiger partial charge in [-0.1, -0.05) is 6.92 Å². The van der Waals surface area contributed by atoms with Crippen molar-refractivity contribution in [2.75, 3.05) is 7.11 Å². The molecule has 2 nitrogen and oxygen atoms in total. The predicted octanol–water partition coefficient (Wildman–Crippen LogP) is 0.792. The van der Waals surface area contributed by atoms with Crippen LogP contribution in [0.25, 0.3) is 0 Å². The highest BCUT2D eigenvalue weighted by molar-refractivity contribution is 4.82. The molecule has 9 heavy (non-hydrogen) atoms. The molecule has 0 aromatic rings. The van der Waals surface area contributed by atoms with E-state index in [1.807, 2.05) is 0 Å². The Morgan fingerprint density at radius 3 is 2.33 bits per heavy atom. The Morgan fingerprint density at radius 2 is 2.11 bits per heavy atom. The lowest BCUT2D eigenvalue weighted by Crippen LogP contribution is -2.25. The number of hydrogen-bond donors (Lipinski definition) is 1. The number of aliphatic hydroxyl groups is 1. The summed E-state index contributed by atoms with van der Waals surface area (Å²) in [6.07, 6.45) is 1.98. The van der Waals surface area contributed by atoms with Crippen molar-refractivity contribution in [1.82, 2.24) is 0 Å². The van der Waals surface area contributed by atoms with E-state index in [9.17, 15) is 5.11 Å². The fourth-order valence-electron chi connectivity index (χ4n) is 1.39. The van der Waals surface area contributed by atoms with Gasteiger partial charge in [0.25, 0.3) is 0 Å². The largest absolute Gasteiger partial charge is 0.390 e. The van der Waals surface area contributed by atoms with Crippen LogP contribution in [0.3, 0.4) is 0 Å². The van der Waals surface area contributed by atoms with E-state index in [4.69, 9.17) is 4.74 Å². The Labute approximate surface area is 55.8 Å². The summed E-state index contributed by atoms with van der Waals surface area (Å²) in [6, 6.07) is 0. The van der Waals surface area contributed by atoms with Gasteiger partial charge >= 0.3 is 0 Å². The zero-order valence-electron chi connectivity index (χ0n) is 6.00. The fraction of sp³-hybridized carbons (Fsp3) is 1.00. The van der Waals surface area contributed by atoms with Gasteiger partial charge in [0, 0.05) is 7.11 Å². The van der Waals surface area contributed by atoms with Crippen molar-refractivity contribution >= 4 is 0 Å². The molecule has 0 aromatic heterocycles. The van der Waals surface area contributed by atoms with Gasteiger partial charge in [-0.15, -0.1) is 0 Å². The molecule has 1 rings (SSSR count). The molecule has 0 bridgehead atoms. The monoisotopic (exact) mass is 130 g/mol. The number of aliphatic hydroxyl groups excluding tert-OH is 1. The van der Waals surface area contributed by atoms with Crippen LogP contribution in [0.4, 0.5) is 0 Å². The van der Waals surface area contributed by atoms with E-state index in [1.54, 1.807) is 7.11 Å². The van der Waals surface area contributed by atoms with Gasteiger partial charge in [-0.25, -0.2) is 0 Å². The molecule has 0 spiro atoms. The first-order chi connectivity index (χ1) is 4.25. The minimum Gasteiger partial charge on any atom is -0.390 e. The average molecular weight is 130 g/mol. The molecule has 0 amide bonds. The first kappa shape index (κ1) is 7.03. The zero-order chi connectivity index (χ0) is 6.85. The van der Waals surface area contributed by atoms with Gasteiger partial charge in [0.1, 0.15) is 0 Å². The summed E-state index contributed by atoms with van der Waals surface area (Å²) in [6.45, 7) is 2.06. The SMILES string of the molecule is COC1CCC(C)C1O. The van der Waals surface area contributed by atoms with Gasteiger partial charge in [-0.3, -0.25) is 0 Å². The van der Waals surface area contributed by atoms with Gasteiger partial charge in [-0.05, 0) is 18.8 Å². The Morgan fingerprint density at radius 1 is 1.44 bits per heavy atom. The molecule has 0 radical (unpaired) electrons. The minimum atomic E-state index is -0.227. The first-order valence-electron chi connectivity index (χ1n) is 3.46. The van der Waals surface area contributed by atoms with Crippen LogP contribution >= 0.6 is 0 Å². The lowest BCUT2D eigenvalue weighted by molar-refractivity contribution is -0.00487. The smallest absolute Gasteiger partial charge is 0.0832 e. The van der Waals surface area contributed by atoms with Crippen LogP contribution in [0.15, 0.2) is 0 Å². The molecule has 2 heteroatoms. The van der Waals surface area contributed by atoms with Crippen molar-refractivity contribution in [2.45, 2.75) is 32.0 Å². The van der Waals surface area contributed by atoms with Crippen molar-refractivity contribution in [2.24, 2.45) is 5.92 Å². The van der Waals surface area contributed by atoms with E-state index in [1.165, 1.54) is 0 Å². The topological polar surface area (TPSA) is 29.5 Å². The number of hydrogen-bond acceptors (Lipinski definition) is 2. The van der Waals surface area contributed by atoms with Crippen molar-refractivity contribution in [1.29, 1.82) is 0 Å². The molecule has 1 fully saturated rings. The molecule has 3 atom stereocenters. The van der Waals surface area contributed by atoms with E-state index in [0.29, 0.717) is 5.92 Å². The second-order valence-electron chi connectivity index (χ2n) is 2.82. The van der Waals surface area contributed by atoms with Gasteiger partial charge < -0.3 is 9.84 Å². The second kappa shape index (κ2) is 2.67. The van der Waals surface area contributed by atoms with Crippen LogP contribution in [0.1, 0.15) is 19.8 Å². The maximum atomic E-state index is 9.33. The van der Waals surface area contributed by atoms with E-state index < -0.39 is 0 Å². The standard InChI is InChI=1S/C7H14O2/c1-5-3-4-6(9-2)7(5)8/h5-8H,3-4H2,1-2H3. The zero-order valence-corrected chi connectivity index (χ0v) is 6.00. The Kier molecular flexibility index (Phi) is 2.09. The summed E-state index contributed by atoms with van der Waals surface area (Å²) in [5, 5.41) is 9.33.